The lowest BCUT2D eigenvalue weighted by Crippen LogP contribution is -2.52. The van der Waals surface area contributed by atoms with Gasteiger partial charge >= 0.3 is 0 Å². The standard InChI is InChI=1S/C32H29N5O5/c38-28-10-9-27(31(39)35-28)37-18-22-16-23(6-7-25(22)32(37)40)41-24-12-14-36(19-24)17-20-4-8-26-21(15-20)5-11-30(34-26)42-29-3-1-2-13-33-29/h1-8,11,13,15-16,24,27H,9-10,12,14,17-19H2,(H,35,38,39)/t24-,27?/m0/s1. The Labute approximate surface area is 242 Å². The molecule has 0 saturated carbocycles. The van der Waals surface area contributed by atoms with Crippen molar-refractivity contribution in [2.45, 2.75) is 44.5 Å². The summed E-state index contributed by atoms with van der Waals surface area (Å²) in [5.41, 5.74) is 3.49. The summed E-state index contributed by atoms with van der Waals surface area (Å²) in [6.07, 6.45) is 3.22. The van der Waals surface area contributed by atoms with Gasteiger partial charge in [-0.15, -0.1) is 0 Å². The second-order valence-electron chi connectivity index (χ2n) is 10.9. The molecule has 0 radical (unpaired) electrons. The Morgan fingerprint density at radius 1 is 0.952 bits per heavy atom. The van der Waals surface area contributed by atoms with Gasteiger partial charge in [-0.1, -0.05) is 12.1 Å². The molecule has 2 atom stereocenters. The molecule has 42 heavy (non-hydrogen) atoms. The van der Waals surface area contributed by atoms with Crippen molar-refractivity contribution in [1.29, 1.82) is 0 Å². The van der Waals surface area contributed by atoms with Crippen LogP contribution in [0.15, 0.2) is 72.9 Å². The minimum absolute atomic E-state index is 0.0415. The number of aromatic nitrogens is 2. The first-order chi connectivity index (χ1) is 20.5. The number of hydrogen-bond acceptors (Lipinski definition) is 8. The molecule has 2 fully saturated rings. The van der Waals surface area contributed by atoms with Gasteiger partial charge in [-0.3, -0.25) is 24.6 Å². The van der Waals surface area contributed by atoms with E-state index in [-0.39, 0.29) is 24.3 Å². The van der Waals surface area contributed by atoms with E-state index in [0.29, 0.717) is 30.3 Å². The summed E-state index contributed by atoms with van der Waals surface area (Å²) in [6, 6.07) is 20.5. The third-order valence-corrected chi connectivity index (χ3v) is 8.01. The second-order valence-corrected chi connectivity index (χ2v) is 10.9. The lowest BCUT2D eigenvalue weighted by Gasteiger charge is -2.29. The summed E-state index contributed by atoms with van der Waals surface area (Å²) in [5.74, 6) is 0.861. The van der Waals surface area contributed by atoms with Gasteiger partial charge in [0, 0.05) is 61.9 Å². The molecule has 3 aliphatic rings. The number of amides is 3. The van der Waals surface area contributed by atoms with E-state index in [2.05, 4.69) is 32.3 Å². The van der Waals surface area contributed by atoms with Crippen LogP contribution in [-0.4, -0.2) is 62.7 Å². The molecule has 1 unspecified atom stereocenters. The summed E-state index contributed by atoms with van der Waals surface area (Å²) in [7, 11) is 0. The van der Waals surface area contributed by atoms with Gasteiger partial charge in [0.05, 0.1) is 5.52 Å². The van der Waals surface area contributed by atoms with Crippen LogP contribution in [0.4, 0.5) is 0 Å². The SMILES string of the molecule is O=C1CCC(N2Cc3cc(O[C@H]4CCN(Cc5ccc6nc(Oc7ccccn7)ccc6c5)C4)ccc3C2=O)C(=O)N1. The van der Waals surface area contributed by atoms with E-state index in [4.69, 9.17) is 9.47 Å². The number of piperidine rings is 1. The fraction of sp³-hybridized carbons (Fsp3) is 0.281. The maximum Gasteiger partial charge on any atom is 0.255 e. The predicted molar refractivity (Wildman–Crippen MR) is 153 cm³/mol. The van der Waals surface area contributed by atoms with Crippen LogP contribution in [0.3, 0.4) is 0 Å². The molecular weight excluding hydrogens is 534 g/mol. The molecule has 5 heterocycles. The third kappa shape index (κ3) is 5.28. The highest BCUT2D eigenvalue weighted by atomic mass is 16.5. The molecular formula is C32H29N5O5. The van der Waals surface area contributed by atoms with Crippen molar-refractivity contribution < 1.29 is 23.9 Å². The number of fused-ring (bicyclic) bond motifs is 2. The van der Waals surface area contributed by atoms with E-state index in [1.54, 1.807) is 23.2 Å². The zero-order valence-corrected chi connectivity index (χ0v) is 22.9. The fourth-order valence-electron chi connectivity index (χ4n) is 5.94. The summed E-state index contributed by atoms with van der Waals surface area (Å²) in [4.78, 5) is 49.5. The van der Waals surface area contributed by atoms with E-state index in [0.717, 1.165) is 48.3 Å². The lowest BCUT2D eigenvalue weighted by atomic mass is 10.0. The average molecular weight is 564 g/mol. The monoisotopic (exact) mass is 563 g/mol. The first-order valence-electron chi connectivity index (χ1n) is 14.1. The molecule has 2 aromatic carbocycles. The van der Waals surface area contributed by atoms with E-state index in [9.17, 15) is 14.4 Å². The maximum absolute atomic E-state index is 13.0. The highest BCUT2D eigenvalue weighted by Crippen LogP contribution is 2.31. The molecule has 7 rings (SSSR count). The number of carbonyl (C=O) groups excluding carboxylic acids is 3. The zero-order chi connectivity index (χ0) is 28.6. The molecule has 212 valence electrons. The topological polar surface area (TPSA) is 114 Å². The third-order valence-electron chi connectivity index (χ3n) is 8.01. The van der Waals surface area contributed by atoms with E-state index in [1.807, 2.05) is 42.5 Å². The average Bonchev–Trinajstić information content (AvgIpc) is 3.56. The van der Waals surface area contributed by atoms with Gasteiger partial charge < -0.3 is 14.4 Å². The Morgan fingerprint density at radius 3 is 2.74 bits per heavy atom. The number of ether oxygens (including phenoxy) is 2. The quantitative estimate of drug-likeness (QED) is 0.338. The van der Waals surface area contributed by atoms with Gasteiger partial charge in [0.15, 0.2) is 0 Å². The Kier molecular flexibility index (Phi) is 6.75. The van der Waals surface area contributed by atoms with Gasteiger partial charge in [0.2, 0.25) is 23.6 Å². The Bertz CT molecular complexity index is 1690. The van der Waals surface area contributed by atoms with Crippen LogP contribution in [0, 0.1) is 0 Å². The highest BCUT2D eigenvalue weighted by molar-refractivity contribution is 6.05. The molecule has 2 aromatic heterocycles. The van der Waals surface area contributed by atoms with Crippen LogP contribution in [0.5, 0.6) is 17.5 Å². The van der Waals surface area contributed by atoms with Crippen LogP contribution in [0.2, 0.25) is 0 Å². The molecule has 4 aromatic rings. The lowest BCUT2D eigenvalue weighted by molar-refractivity contribution is -0.136. The number of benzene rings is 2. The molecule has 10 heteroatoms. The van der Waals surface area contributed by atoms with Crippen molar-refractivity contribution in [2.24, 2.45) is 0 Å². The first-order valence-corrected chi connectivity index (χ1v) is 14.1. The van der Waals surface area contributed by atoms with Gasteiger partial charge in [0.25, 0.3) is 5.91 Å². The zero-order valence-electron chi connectivity index (χ0n) is 22.9. The van der Waals surface area contributed by atoms with Gasteiger partial charge in [0.1, 0.15) is 17.9 Å². The number of pyridine rings is 2. The van der Waals surface area contributed by atoms with Crippen molar-refractivity contribution in [3.8, 4) is 17.5 Å². The predicted octanol–water partition coefficient (Wildman–Crippen LogP) is 3.84. The van der Waals surface area contributed by atoms with Crippen molar-refractivity contribution in [3.63, 3.8) is 0 Å². The van der Waals surface area contributed by atoms with Crippen LogP contribution in [-0.2, 0) is 22.7 Å². The maximum atomic E-state index is 13.0. The van der Waals surface area contributed by atoms with Gasteiger partial charge in [-0.2, -0.15) is 0 Å². The number of likely N-dealkylation sites (tertiary alicyclic amines) is 1. The van der Waals surface area contributed by atoms with Crippen molar-refractivity contribution in [3.05, 3.63) is 89.6 Å². The Balaban J connectivity index is 0.957. The number of hydrogen-bond donors (Lipinski definition) is 1. The Morgan fingerprint density at radius 2 is 1.88 bits per heavy atom. The second kappa shape index (κ2) is 10.9. The molecule has 3 amide bonds. The van der Waals surface area contributed by atoms with Crippen molar-refractivity contribution in [2.75, 3.05) is 13.1 Å². The number of nitrogens with one attached hydrogen (secondary N) is 1. The number of imide groups is 1. The van der Waals surface area contributed by atoms with Crippen molar-refractivity contribution in [1.82, 2.24) is 25.1 Å². The Hall–Kier alpha value is -4.83. The fourth-order valence-corrected chi connectivity index (χ4v) is 5.94. The van der Waals surface area contributed by atoms with E-state index in [1.165, 1.54) is 5.56 Å². The summed E-state index contributed by atoms with van der Waals surface area (Å²) in [6.45, 7) is 2.86. The molecule has 0 aliphatic carbocycles. The molecule has 2 saturated heterocycles. The molecule has 10 nitrogen and oxygen atoms in total. The van der Waals surface area contributed by atoms with E-state index < -0.39 is 11.9 Å². The van der Waals surface area contributed by atoms with E-state index >= 15 is 0 Å². The van der Waals surface area contributed by atoms with Crippen molar-refractivity contribution >= 4 is 28.6 Å². The van der Waals surface area contributed by atoms with Crippen LogP contribution >= 0.6 is 0 Å². The van der Waals surface area contributed by atoms with Gasteiger partial charge in [-0.05, 0) is 66.4 Å². The summed E-state index contributed by atoms with van der Waals surface area (Å²) in [5, 5.41) is 3.39. The van der Waals surface area contributed by atoms with Crippen LogP contribution < -0.4 is 14.8 Å². The summed E-state index contributed by atoms with van der Waals surface area (Å²) >= 11 is 0. The number of nitrogens with zero attached hydrogens (tertiary/aromatic N) is 4. The smallest absolute Gasteiger partial charge is 0.255 e. The first kappa shape index (κ1) is 26.1. The summed E-state index contributed by atoms with van der Waals surface area (Å²) < 4.78 is 12.1. The van der Waals surface area contributed by atoms with Crippen LogP contribution in [0.25, 0.3) is 10.9 Å². The molecule has 3 aliphatic heterocycles. The molecule has 0 spiro atoms. The van der Waals surface area contributed by atoms with Crippen LogP contribution in [0.1, 0.15) is 40.7 Å². The minimum atomic E-state index is -0.622. The molecule has 1 N–H and O–H groups in total. The number of carbonyl (C=O) groups is 3. The number of rotatable bonds is 7. The minimum Gasteiger partial charge on any atom is -0.489 e. The molecule has 0 bridgehead atoms. The highest BCUT2D eigenvalue weighted by Gasteiger charge is 2.39. The van der Waals surface area contributed by atoms with Gasteiger partial charge in [-0.25, -0.2) is 9.97 Å². The normalized spacial score (nSPS) is 20.6. The largest absolute Gasteiger partial charge is 0.489 e.